The average molecular weight is 222 g/mol. The molecule has 0 unspecified atom stereocenters. The van der Waals surface area contributed by atoms with Crippen LogP contribution in [0.1, 0.15) is 16.8 Å². The van der Waals surface area contributed by atoms with Crippen LogP contribution in [0.5, 0.6) is 5.75 Å². The quantitative estimate of drug-likeness (QED) is 0.776. The van der Waals surface area contributed by atoms with Gasteiger partial charge in [-0.1, -0.05) is 0 Å². The first-order chi connectivity index (χ1) is 7.54. The maximum atomic E-state index is 12.9. The Kier molecular flexibility index (Phi) is 1.52. The third-order valence-corrected chi connectivity index (χ3v) is 3.09. The fourth-order valence-electron chi connectivity index (χ4n) is 2.11. The van der Waals surface area contributed by atoms with Gasteiger partial charge in [-0.15, -0.1) is 0 Å². The molecule has 82 valence electrons. The summed E-state index contributed by atoms with van der Waals surface area (Å²) >= 11 is 0. The van der Waals surface area contributed by atoms with Crippen LogP contribution in [0.4, 0.5) is 4.39 Å². The number of Topliss-reactive ketones (excluding diaryl/α,β-unsaturated/α-hetero) is 1. The third kappa shape index (κ3) is 0.973. The molecule has 1 aliphatic carbocycles. The monoisotopic (exact) mass is 222 g/mol. The van der Waals surface area contributed by atoms with Crippen molar-refractivity contribution >= 4 is 11.8 Å². The van der Waals surface area contributed by atoms with E-state index in [1.165, 1.54) is 6.07 Å². The van der Waals surface area contributed by atoms with Gasteiger partial charge >= 0.3 is 5.97 Å². The molecule has 0 radical (unpaired) electrons. The minimum atomic E-state index is -1.40. The molecule has 5 heteroatoms. The largest absolute Gasteiger partial charge is 0.478 e. The zero-order chi connectivity index (χ0) is 11.5. The number of benzene rings is 1. The lowest BCUT2D eigenvalue weighted by molar-refractivity contribution is -0.148. The molecule has 1 heterocycles. The van der Waals surface area contributed by atoms with Crippen LogP contribution in [0, 0.1) is 11.7 Å². The number of ketones is 1. The van der Waals surface area contributed by atoms with Crippen LogP contribution in [0.15, 0.2) is 18.2 Å². The molecule has 1 fully saturated rings. The van der Waals surface area contributed by atoms with Gasteiger partial charge < -0.3 is 9.84 Å². The van der Waals surface area contributed by atoms with Gasteiger partial charge in [-0.25, -0.2) is 9.18 Å². The predicted octanol–water partition coefficient (Wildman–Crippen LogP) is 1.24. The summed E-state index contributed by atoms with van der Waals surface area (Å²) in [6.07, 6.45) is 0.164. The highest BCUT2D eigenvalue weighted by atomic mass is 19.1. The minimum Gasteiger partial charge on any atom is -0.478 e. The smallest absolute Gasteiger partial charge is 0.348 e. The summed E-state index contributed by atoms with van der Waals surface area (Å²) in [5, 5.41) is 8.99. The number of aliphatic carboxylic acids is 1. The van der Waals surface area contributed by atoms with Crippen LogP contribution >= 0.6 is 0 Å². The topological polar surface area (TPSA) is 63.6 Å². The lowest BCUT2D eigenvalue weighted by atomic mass is 10.0. The SMILES string of the molecule is O=C1c2cc(F)ccc2O[C@]2(C(=O)O)C[C@H]12. The molecule has 1 aromatic rings. The Labute approximate surface area is 89.6 Å². The molecule has 0 aromatic heterocycles. The lowest BCUT2D eigenvalue weighted by Gasteiger charge is -2.21. The van der Waals surface area contributed by atoms with Crippen molar-refractivity contribution < 1.29 is 23.8 Å². The maximum Gasteiger partial charge on any atom is 0.348 e. The fourth-order valence-corrected chi connectivity index (χ4v) is 2.11. The van der Waals surface area contributed by atoms with Gasteiger partial charge in [-0.2, -0.15) is 0 Å². The van der Waals surface area contributed by atoms with Crippen molar-refractivity contribution in [2.45, 2.75) is 12.0 Å². The number of ether oxygens (including phenoxy) is 1. The lowest BCUT2D eigenvalue weighted by Crippen LogP contribution is -2.37. The van der Waals surface area contributed by atoms with E-state index in [-0.39, 0.29) is 23.5 Å². The summed E-state index contributed by atoms with van der Waals surface area (Å²) in [6, 6.07) is 3.52. The van der Waals surface area contributed by atoms with Gasteiger partial charge in [-0.3, -0.25) is 4.79 Å². The molecule has 4 nitrogen and oxygen atoms in total. The van der Waals surface area contributed by atoms with Crippen LogP contribution in [0.2, 0.25) is 0 Å². The van der Waals surface area contributed by atoms with Gasteiger partial charge in [0.2, 0.25) is 5.60 Å². The second kappa shape index (κ2) is 2.61. The Balaban J connectivity index is 2.11. The number of carboxylic acid groups (broad SMARTS) is 1. The van der Waals surface area contributed by atoms with Crippen molar-refractivity contribution in [2.75, 3.05) is 0 Å². The number of carbonyl (C=O) groups is 2. The summed E-state index contributed by atoms with van der Waals surface area (Å²) in [5.41, 5.74) is -1.26. The second-order valence-electron chi connectivity index (χ2n) is 4.06. The molecule has 1 N–H and O–H groups in total. The van der Waals surface area contributed by atoms with Crippen molar-refractivity contribution in [1.29, 1.82) is 0 Å². The Bertz CT molecular complexity index is 525. The van der Waals surface area contributed by atoms with E-state index in [1.807, 2.05) is 0 Å². The summed E-state index contributed by atoms with van der Waals surface area (Å²) in [5.74, 6) is -2.52. The van der Waals surface area contributed by atoms with Crippen molar-refractivity contribution in [2.24, 2.45) is 5.92 Å². The molecule has 1 saturated carbocycles. The van der Waals surface area contributed by atoms with E-state index in [1.54, 1.807) is 0 Å². The second-order valence-corrected chi connectivity index (χ2v) is 4.06. The van der Waals surface area contributed by atoms with Gasteiger partial charge in [0.1, 0.15) is 11.6 Å². The van der Waals surface area contributed by atoms with Crippen LogP contribution in [-0.4, -0.2) is 22.5 Å². The molecular formula is C11H7FO4. The average Bonchev–Trinajstić information content (AvgIpc) is 2.96. The summed E-state index contributed by atoms with van der Waals surface area (Å²) in [7, 11) is 0. The van der Waals surface area contributed by atoms with E-state index in [0.29, 0.717) is 0 Å². The van der Waals surface area contributed by atoms with Crippen molar-refractivity contribution in [3.63, 3.8) is 0 Å². The van der Waals surface area contributed by atoms with E-state index >= 15 is 0 Å². The number of carboxylic acids is 1. The van der Waals surface area contributed by atoms with Gasteiger partial charge in [0.25, 0.3) is 0 Å². The molecule has 2 atom stereocenters. The molecule has 0 spiro atoms. The molecule has 1 aliphatic heterocycles. The van der Waals surface area contributed by atoms with E-state index in [4.69, 9.17) is 9.84 Å². The minimum absolute atomic E-state index is 0.138. The van der Waals surface area contributed by atoms with Crippen LogP contribution in [0.3, 0.4) is 0 Å². The number of fused-ring (bicyclic) bond motifs is 2. The van der Waals surface area contributed by atoms with Gasteiger partial charge in [-0.05, 0) is 18.2 Å². The van der Waals surface area contributed by atoms with Crippen LogP contribution in [0.25, 0.3) is 0 Å². The standard InChI is InChI=1S/C11H7FO4/c12-5-1-2-8-6(3-5)9(13)7-4-11(7,16-8)10(14)15/h1-3,7H,4H2,(H,14,15)/t7-,11-/m1/s1. The van der Waals surface area contributed by atoms with Gasteiger partial charge in [0, 0.05) is 6.42 Å². The van der Waals surface area contributed by atoms with Crippen LogP contribution in [-0.2, 0) is 4.79 Å². The zero-order valence-corrected chi connectivity index (χ0v) is 8.07. The predicted molar refractivity (Wildman–Crippen MR) is 49.8 cm³/mol. The number of hydrogen-bond donors (Lipinski definition) is 1. The summed E-state index contributed by atoms with van der Waals surface area (Å²) < 4.78 is 18.2. The number of hydrogen-bond acceptors (Lipinski definition) is 3. The fraction of sp³-hybridized carbons (Fsp3) is 0.273. The van der Waals surface area contributed by atoms with E-state index in [9.17, 15) is 14.0 Å². The number of carbonyl (C=O) groups excluding carboxylic acids is 1. The van der Waals surface area contributed by atoms with Crippen molar-refractivity contribution in [3.05, 3.63) is 29.6 Å². The Morgan fingerprint density at radius 2 is 2.31 bits per heavy atom. The highest BCUT2D eigenvalue weighted by molar-refractivity contribution is 6.09. The molecule has 0 amide bonds. The number of rotatable bonds is 1. The van der Waals surface area contributed by atoms with Crippen molar-refractivity contribution in [3.8, 4) is 5.75 Å². The Morgan fingerprint density at radius 3 is 3.00 bits per heavy atom. The van der Waals surface area contributed by atoms with E-state index in [0.717, 1.165) is 12.1 Å². The maximum absolute atomic E-state index is 12.9. The normalized spacial score (nSPS) is 30.1. The molecule has 2 aliphatic rings. The highest BCUT2D eigenvalue weighted by Gasteiger charge is 2.69. The van der Waals surface area contributed by atoms with Crippen molar-refractivity contribution in [1.82, 2.24) is 0 Å². The summed E-state index contributed by atoms with van der Waals surface area (Å²) in [6.45, 7) is 0. The molecular weight excluding hydrogens is 215 g/mol. The van der Waals surface area contributed by atoms with Gasteiger partial charge in [0.05, 0.1) is 11.5 Å². The van der Waals surface area contributed by atoms with Gasteiger partial charge in [0.15, 0.2) is 5.78 Å². The third-order valence-electron chi connectivity index (χ3n) is 3.09. The Hall–Kier alpha value is -1.91. The van der Waals surface area contributed by atoms with E-state index < -0.39 is 23.3 Å². The first-order valence-electron chi connectivity index (χ1n) is 4.81. The first kappa shape index (κ1) is 9.33. The number of halogens is 1. The zero-order valence-electron chi connectivity index (χ0n) is 8.07. The molecule has 3 rings (SSSR count). The highest BCUT2D eigenvalue weighted by Crippen LogP contribution is 2.53. The molecule has 1 aromatic carbocycles. The van der Waals surface area contributed by atoms with Crippen LogP contribution < -0.4 is 4.74 Å². The molecule has 16 heavy (non-hydrogen) atoms. The first-order valence-corrected chi connectivity index (χ1v) is 4.81. The Morgan fingerprint density at radius 1 is 1.56 bits per heavy atom. The molecule has 0 bridgehead atoms. The summed E-state index contributed by atoms with van der Waals surface area (Å²) in [4.78, 5) is 22.8. The van der Waals surface area contributed by atoms with E-state index in [2.05, 4.69) is 0 Å². The molecule has 0 saturated heterocycles.